The van der Waals surface area contributed by atoms with Gasteiger partial charge in [0.15, 0.2) is 0 Å². The largest absolute Gasteiger partial charge is 0.384 e. The number of nitrogen functional groups attached to an aromatic ring is 1. The van der Waals surface area contributed by atoms with Crippen molar-refractivity contribution in [2.45, 2.75) is 25.5 Å². The first kappa shape index (κ1) is 11.2. The van der Waals surface area contributed by atoms with E-state index in [1.54, 1.807) is 12.3 Å². The molecule has 18 heavy (non-hydrogen) atoms. The minimum Gasteiger partial charge on any atom is -0.384 e. The molecule has 0 aromatic carbocycles. The van der Waals surface area contributed by atoms with Crippen LogP contribution in [-0.2, 0) is 4.74 Å². The average molecular weight is 244 g/mol. The second kappa shape index (κ2) is 4.42. The number of pyridine rings is 1. The third kappa shape index (κ3) is 1.86. The normalized spacial score (nSPS) is 23.4. The van der Waals surface area contributed by atoms with Gasteiger partial charge in [0.05, 0.1) is 30.4 Å². The first-order chi connectivity index (χ1) is 8.75. The van der Waals surface area contributed by atoms with Gasteiger partial charge in [-0.1, -0.05) is 0 Å². The van der Waals surface area contributed by atoms with Crippen molar-refractivity contribution in [2.24, 2.45) is 0 Å². The van der Waals surface area contributed by atoms with Gasteiger partial charge in [-0.15, -0.1) is 0 Å². The SMILES string of the molecule is CC1OCCC1n1cncc1-c1ccc(N)nc1. The molecule has 0 radical (unpaired) electrons. The molecule has 0 bridgehead atoms. The Hall–Kier alpha value is -1.88. The van der Waals surface area contributed by atoms with Gasteiger partial charge >= 0.3 is 0 Å². The van der Waals surface area contributed by atoms with Gasteiger partial charge < -0.3 is 15.0 Å². The Kier molecular flexibility index (Phi) is 2.76. The fourth-order valence-electron chi connectivity index (χ4n) is 2.44. The van der Waals surface area contributed by atoms with Crippen LogP contribution in [0.3, 0.4) is 0 Å². The monoisotopic (exact) mass is 244 g/mol. The summed E-state index contributed by atoms with van der Waals surface area (Å²) in [6, 6.07) is 4.12. The highest BCUT2D eigenvalue weighted by Crippen LogP contribution is 2.30. The Morgan fingerprint density at radius 3 is 2.94 bits per heavy atom. The molecule has 0 spiro atoms. The number of imidazole rings is 1. The van der Waals surface area contributed by atoms with Crippen molar-refractivity contribution in [3.63, 3.8) is 0 Å². The van der Waals surface area contributed by atoms with Crippen molar-refractivity contribution in [3.05, 3.63) is 30.9 Å². The lowest BCUT2D eigenvalue weighted by Gasteiger charge is -2.18. The van der Waals surface area contributed by atoms with Gasteiger partial charge in [0.1, 0.15) is 5.82 Å². The van der Waals surface area contributed by atoms with Crippen LogP contribution in [0, 0.1) is 0 Å². The third-order valence-corrected chi connectivity index (χ3v) is 3.44. The number of nitrogens with two attached hydrogens (primary N) is 1. The van der Waals surface area contributed by atoms with Crippen molar-refractivity contribution in [3.8, 4) is 11.3 Å². The lowest BCUT2D eigenvalue weighted by Crippen LogP contribution is -2.16. The molecule has 0 saturated carbocycles. The van der Waals surface area contributed by atoms with Crippen LogP contribution in [0.5, 0.6) is 0 Å². The average Bonchev–Trinajstić information content (AvgIpc) is 2.98. The molecular weight excluding hydrogens is 228 g/mol. The van der Waals surface area contributed by atoms with Crippen LogP contribution >= 0.6 is 0 Å². The first-order valence-electron chi connectivity index (χ1n) is 6.11. The molecule has 1 saturated heterocycles. The van der Waals surface area contributed by atoms with Crippen LogP contribution in [0.15, 0.2) is 30.9 Å². The topological polar surface area (TPSA) is 66.0 Å². The molecule has 2 N–H and O–H groups in total. The summed E-state index contributed by atoms with van der Waals surface area (Å²) >= 11 is 0. The number of anilines is 1. The van der Waals surface area contributed by atoms with Gasteiger partial charge in [-0.3, -0.25) is 0 Å². The molecule has 2 atom stereocenters. The summed E-state index contributed by atoms with van der Waals surface area (Å²) in [5.41, 5.74) is 7.70. The minimum atomic E-state index is 0.222. The molecule has 5 heteroatoms. The van der Waals surface area contributed by atoms with E-state index in [0.29, 0.717) is 11.9 Å². The van der Waals surface area contributed by atoms with E-state index in [-0.39, 0.29) is 6.10 Å². The van der Waals surface area contributed by atoms with Gasteiger partial charge in [0.25, 0.3) is 0 Å². The van der Waals surface area contributed by atoms with Crippen LogP contribution < -0.4 is 5.73 Å². The van der Waals surface area contributed by atoms with E-state index in [2.05, 4.69) is 21.5 Å². The second-order valence-electron chi connectivity index (χ2n) is 4.59. The minimum absolute atomic E-state index is 0.222. The second-order valence-corrected chi connectivity index (χ2v) is 4.59. The number of hydrogen-bond donors (Lipinski definition) is 1. The van der Waals surface area contributed by atoms with E-state index in [0.717, 1.165) is 24.3 Å². The van der Waals surface area contributed by atoms with E-state index < -0.39 is 0 Å². The van der Waals surface area contributed by atoms with Gasteiger partial charge in [-0.25, -0.2) is 9.97 Å². The van der Waals surface area contributed by atoms with Gasteiger partial charge in [-0.05, 0) is 25.5 Å². The lowest BCUT2D eigenvalue weighted by atomic mass is 10.1. The fraction of sp³-hybridized carbons (Fsp3) is 0.385. The number of aromatic nitrogens is 3. The molecular formula is C13H16N4O. The van der Waals surface area contributed by atoms with Gasteiger partial charge in [0, 0.05) is 18.4 Å². The Labute approximate surface area is 106 Å². The van der Waals surface area contributed by atoms with Crippen molar-refractivity contribution in [1.29, 1.82) is 0 Å². The molecule has 3 rings (SSSR count). The zero-order valence-corrected chi connectivity index (χ0v) is 10.3. The molecule has 5 nitrogen and oxygen atoms in total. The Balaban J connectivity index is 1.98. The van der Waals surface area contributed by atoms with Crippen molar-refractivity contribution >= 4 is 5.82 Å². The molecule has 2 unspecified atom stereocenters. The summed E-state index contributed by atoms with van der Waals surface area (Å²) in [7, 11) is 0. The predicted molar refractivity (Wildman–Crippen MR) is 68.9 cm³/mol. The van der Waals surface area contributed by atoms with Crippen LogP contribution in [0.4, 0.5) is 5.82 Å². The predicted octanol–water partition coefficient (Wildman–Crippen LogP) is 1.88. The van der Waals surface area contributed by atoms with E-state index in [9.17, 15) is 0 Å². The summed E-state index contributed by atoms with van der Waals surface area (Å²) in [4.78, 5) is 8.38. The van der Waals surface area contributed by atoms with E-state index in [4.69, 9.17) is 10.5 Å². The number of nitrogens with zero attached hydrogens (tertiary/aromatic N) is 3. The Morgan fingerprint density at radius 2 is 2.28 bits per heavy atom. The van der Waals surface area contributed by atoms with Crippen LogP contribution in [-0.4, -0.2) is 27.2 Å². The molecule has 1 fully saturated rings. The molecule has 2 aromatic heterocycles. The Bertz CT molecular complexity index is 534. The van der Waals surface area contributed by atoms with Crippen molar-refractivity contribution in [2.75, 3.05) is 12.3 Å². The van der Waals surface area contributed by atoms with E-state index in [1.807, 2.05) is 18.6 Å². The van der Waals surface area contributed by atoms with Crippen LogP contribution in [0.2, 0.25) is 0 Å². The highest BCUT2D eigenvalue weighted by atomic mass is 16.5. The smallest absolute Gasteiger partial charge is 0.123 e. The maximum atomic E-state index is 5.61. The summed E-state index contributed by atoms with van der Waals surface area (Å²) in [6.45, 7) is 2.91. The molecule has 1 aliphatic rings. The summed E-state index contributed by atoms with van der Waals surface area (Å²) < 4.78 is 7.79. The number of hydrogen-bond acceptors (Lipinski definition) is 4. The fourth-order valence-corrected chi connectivity index (χ4v) is 2.44. The third-order valence-electron chi connectivity index (χ3n) is 3.44. The zero-order chi connectivity index (χ0) is 12.5. The maximum absolute atomic E-state index is 5.61. The molecule has 94 valence electrons. The molecule has 0 amide bonds. The molecule has 1 aliphatic heterocycles. The Morgan fingerprint density at radius 1 is 1.39 bits per heavy atom. The summed E-state index contributed by atoms with van der Waals surface area (Å²) in [5, 5.41) is 0. The van der Waals surface area contributed by atoms with Crippen LogP contribution in [0.25, 0.3) is 11.3 Å². The zero-order valence-electron chi connectivity index (χ0n) is 10.3. The summed E-state index contributed by atoms with van der Waals surface area (Å²) in [6.07, 6.45) is 6.75. The summed E-state index contributed by atoms with van der Waals surface area (Å²) in [5.74, 6) is 0.530. The quantitative estimate of drug-likeness (QED) is 0.876. The molecule has 0 aliphatic carbocycles. The van der Waals surface area contributed by atoms with E-state index in [1.165, 1.54) is 0 Å². The van der Waals surface area contributed by atoms with Gasteiger partial charge in [-0.2, -0.15) is 0 Å². The number of rotatable bonds is 2. The van der Waals surface area contributed by atoms with E-state index >= 15 is 0 Å². The number of ether oxygens (including phenoxy) is 1. The molecule has 3 heterocycles. The standard InChI is InChI=1S/C13H16N4O/c1-9-11(4-5-18-9)17-8-15-7-12(17)10-2-3-13(14)16-6-10/h2-3,6-9,11H,4-5H2,1H3,(H2,14,16). The van der Waals surface area contributed by atoms with Crippen molar-refractivity contribution in [1.82, 2.24) is 14.5 Å². The first-order valence-corrected chi connectivity index (χ1v) is 6.11. The van der Waals surface area contributed by atoms with Gasteiger partial charge in [0.2, 0.25) is 0 Å². The lowest BCUT2D eigenvalue weighted by molar-refractivity contribution is 0.108. The molecule has 2 aromatic rings. The van der Waals surface area contributed by atoms with Crippen LogP contribution in [0.1, 0.15) is 19.4 Å². The highest BCUT2D eigenvalue weighted by molar-refractivity contribution is 5.59. The van der Waals surface area contributed by atoms with Crippen molar-refractivity contribution < 1.29 is 4.74 Å². The maximum Gasteiger partial charge on any atom is 0.123 e. The highest BCUT2D eigenvalue weighted by Gasteiger charge is 2.27.